The fourth-order valence-corrected chi connectivity index (χ4v) is 3.61. The topological polar surface area (TPSA) is 239 Å². The van der Waals surface area contributed by atoms with Gasteiger partial charge < -0.3 is 65.5 Å². The predicted octanol–water partition coefficient (Wildman–Crippen LogP) is -4.97. The normalized spacial score (nSPS) is 38.4. The van der Waals surface area contributed by atoms with Gasteiger partial charge in [0, 0.05) is 6.54 Å². The van der Waals surface area contributed by atoms with Gasteiger partial charge in [0.1, 0.15) is 42.7 Å². The lowest BCUT2D eigenvalue weighted by atomic mass is 9.98. The highest BCUT2D eigenvalue weighted by Crippen LogP contribution is 2.31. The molecule has 0 radical (unpaired) electrons. The van der Waals surface area contributed by atoms with Crippen LogP contribution in [0.3, 0.4) is 0 Å². The summed E-state index contributed by atoms with van der Waals surface area (Å²) in [5.41, 5.74) is 0.540. The molecule has 0 aromatic heterocycles. The molecule has 0 spiro atoms. The largest absolute Gasteiger partial charge is 0.504 e. The van der Waals surface area contributed by atoms with Gasteiger partial charge >= 0.3 is 0 Å². The van der Waals surface area contributed by atoms with E-state index in [1.807, 2.05) is 0 Å². The molecule has 1 aromatic carbocycles. The maximum Gasteiger partial charge on any atom is 0.252 e. The molecular weight excluding hydrogens is 462 g/mol. The highest BCUT2D eigenvalue weighted by Gasteiger charge is 2.46. The molecule has 3 rings (SSSR count). The van der Waals surface area contributed by atoms with Crippen LogP contribution < -0.4 is 10.1 Å². The Kier molecular flexibility index (Phi) is 8.64. The Bertz CT molecular complexity index is 839. The van der Waals surface area contributed by atoms with E-state index in [4.69, 9.17) is 14.2 Å². The van der Waals surface area contributed by atoms with Gasteiger partial charge in [-0.25, -0.2) is 0 Å². The number of aliphatic hydroxyl groups excluding tert-OH is 8. The molecule has 2 heterocycles. The van der Waals surface area contributed by atoms with Gasteiger partial charge in [0.15, 0.2) is 23.9 Å². The van der Waals surface area contributed by atoms with Crippen LogP contribution in [0.2, 0.25) is 0 Å². The average molecular weight is 491 g/mol. The summed E-state index contributed by atoms with van der Waals surface area (Å²) in [4.78, 5) is 12.3. The van der Waals surface area contributed by atoms with Gasteiger partial charge in [0.25, 0.3) is 5.91 Å². The third kappa shape index (κ3) is 5.58. The number of aliphatic hydroxyl groups is 8. The van der Waals surface area contributed by atoms with Gasteiger partial charge in [-0.3, -0.25) is 4.79 Å². The third-order valence-corrected chi connectivity index (χ3v) is 5.68. The van der Waals surface area contributed by atoms with Crippen molar-refractivity contribution >= 4 is 5.91 Å². The molecule has 0 bridgehead atoms. The number of ether oxygens (including phenoxy) is 3. The van der Waals surface area contributed by atoms with E-state index >= 15 is 0 Å². The van der Waals surface area contributed by atoms with Crippen molar-refractivity contribution in [1.82, 2.24) is 5.32 Å². The molecule has 2 aliphatic heterocycles. The fraction of sp³-hybridized carbons (Fsp3) is 0.650. The summed E-state index contributed by atoms with van der Waals surface area (Å²) in [6, 6.07) is 4.16. The predicted molar refractivity (Wildman–Crippen MR) is 108 cm³/mol. The van der Waals surface area contributed by atoms with Crippen LogP contribution >= 0.6 is 0 Å². The first-order valence-corrected chi connectivity index (χ1v) is 10.5. The smallest absolute Gasteiger partial charge is 0.252 e. The monoisotopic (exact) mass is 491 g/mol. The van der Waals surface area contributed by atoms with Crippen molar-refractivity contribution in [1.29, 1.82) is 0 Å². The summed E-state index contributed by atoms with van der Waals surface area (Å²) in [6.07, 6.45) is -16.2. The number of phenolic OH excluding ortho intramolecular Hbond substituents is 1. The molecule has 2 saturated heterocycles. The number of carbonyl (C=O) groups is 1. The van der Waals surface area contributed by atoms with Crippen LogP contribution in [-0.4, -0.2) is 126 Å². The minimum absolute atomic E-state index is 0.00438. The lowest BCUT2D eigenvalue weighted by Gasteiger charge is -2.39. The summed E-state index contributed by atoms with van der Waals surface area (Å²) in [7, 11) is 0. The van der Waals surface area contributed by atoms with E-state index in [-0.39, 0.29) is 24.5 Å². The number of rotatable bonds is 7. The Morgan fingerprint density at radius 3 is 2.26 bits per heavy atom. The van der Waals surface area contributed by atoms with Crippen LogP contribution in [0.5, 0.6) is 11.5 Å². The first-order valence-electron chi connectivity index (χ1n) is 10.5. The van der Waals surface area contributed by atoms with Crippen LogP contribution in [0.15, 0.2) is 18.2 Å². The Balaban J connectivity index is 1.58. The van der Waals surface area contributed by atoms with Gasteiger partial charge in [-0.15, -0.1) is 0 Å². The highest BCUT2D eigenvalue weighted by molar-refractivity contribution is 5.81. The van der Waals surface area contributed by atoms with E-state index in [1.54, 1.807) is 0 Å². The number of benzene rings is 1. The van der Waals surface area contributed by atoms with Crippen LogP contribution in [0, 0.1) is 0 Å². The van der Waals surface area contributed by atoms with Crippen molar-refractivity contribution in [2.75, 3.05) is 13.2 Å². The van der Waals surface area contributed by atoms with Crippen molar-refractivity contribution in [3.05, 3.63) is 23.8 Å². The Labute approximate surface area is 193 Å². The van der Waals surface area contributed by atoms with E-state index in [0.29, 0.717) is 5.56 Å². The molecule has 192 valence electrons. The van der Waals surface area contributed by atoms with Crippen LogP contribution in [0.25, 0.3) is 0 Å². The molecule has 2 unspecified atom stereocenters. The second kappa shape index (κ2) is 11.1. The molecule has 0 aliphatic carbocycles. The quantitative estimate of drug-likeness (QED) is 0.172. The van der Waals surface area contributed by atoms with Gasteiger partial charge in [0.2, 0.25) is 6.29 Å². The Hall–Kier alpha value is -2.11. The second-order valence-electron chi connectivity index (χ2n) is 8.08. The lowest BCUT2D eigenvalue weighted by Crippen LogP contribution is -2.61. The van der Waals surface area contributed by atoms with Crippen LogP contribution in [0.4, 0.5) is 0 Å². The zero-order valence-electron chi connectivity index (χ0n) is 17.8. The molecule has 0 saturated carbocycles. The standard InChI is InChI=1S/C20H29NO13/c22-6-10-11(24)12(25)16(29)20(33-10)32-9-5-7(1-2-8(9)23)3-4-21-18(30)17-14(27)13(26)15(28)19(31)34-17/h1-2,5,10-17,19-20,22-29,31H,3-4,6H2,(H,21,30)/t10-,11-,12+,13+,14+,15-,16-,17+,19?,20?/m1/s1. The summed E-state index contributed by atoms with van der Waals surface area (Å²) >= 11 is 0. The number of carbonyl (C=O) groups excluding carboxylic acids is 1. The Morgan fingerprint density at radius 1 is 0.912 bits per heavy atom. The van der Waals surface area contributed by atoms with Crippen LogP contribution in [-0.2, 0) is 20.7 Å². The minimum atomic E-state index is -1.85. The summed E-state index contributed by atoms with van der Waals surface area (Å²) in [5, 5.41) is 90.1. The number of hydrogen-bond donors (Lipinski definition) is 10. The molecule has 34 heavy (non-hydrogen) atoms. The maximum absolute atomic E-state index is 12.3. The van der Waals surface area contributed by atoms with E-state index in [9.17, 15) is 50.8 Å². The Morgan fingerprint density at radius 2 is 1.59 bits per heavy atom. The molecule has 1 amide bonds. The average Bonchev–Trinajstić information content (AvgIpc) is 2.82. The SMILES string of the molecule is O=C(NCCc1ccc(O)c(OC2O[C@H](CO)[C@@H](O)[C@H](O)[C@H]2O)c1)[C@H]1OC(O)[C@H](O)[C@@H](O)[C@@H]1O. The molecular formula is C20H29NO13. The zero-order valence-corrected chi connectivity index (χ0v) is 17.8. The number of phenols is 1. The number of aromatic hydroxyl groups is 1. The van der Waals surface area contributed by atoms with E-state index in [0.717, 1.165) is 0 Å². The van der Waals surface area contributed by atoms with Gasteiger partial charge in [-0.2, -0.15) is 0 Å². The van der Waals surface area contributed by atoms with Crippen molar-refractivity contribution in [3.63, 3.8) is 0 Å². The molecule has 2 aliphatic rings. The molecule has 14 heteroatoms. The van der Waals surface area contributed by atoms with Crippen molar-refractivity contribution in [2.45, 2.75) is 67.8 Å². The van der Waals surface area contributed by atoms with E-state index < -0.39 is 73.9 Å². The highest BCUT2D eigenvalue weighted by atomic mass is 16.7. The van der Waals surface area contributed by atoms with Gasteiger partial charge in [-0.05, 0) is 24.1 Å². The van der Waals surface area contributed by atoms with Crippen molar-refractivity contribution in [2.24, 2.45) is 0 Å². The molecule has 2 fully saturated rings. The van der Waals surface area contributed by atoms with E-state index in [1.165, 1.54) is 18.2 Å². The minimum Gasteiger partial charge on any atom is -0.504 e. The molecule has 1 aromatic rings. The second-order valence-corrected chi connectivity index (χ2v) is 8.08. The van der Waals surface area contributed by atoms with Gasteiger partial charge in [0.05, 0.1) is 6.61 Å². The van der Waals surface area contributed by atoms with Crippen molar-refractivity contribution < 1.29 is 65.0 Å². The van der Waals surface area contributed by atoms with Crippen molar-refractivity contribution in [3.8, 4) is 11.5 Å². The van der Waals surface area contributed by atoms with E-state index in [2.05, 4.69) is 5.32 Å². The summed E-state index contributed by atoms with van der Waals surface area (Å²) < 4.78 is 15.5. The third-order valence-electron chi connectivity index (χ3n) is 5.68. The first kappa shape index (κ1) is 26.5. The summed E-state index contributed by atoms with van der Waals surface area (Å²) in [6.45, 7) is -0.645. The fourth-order valence-electron chi connectivity index (χ4n) is 3.61. The zero-order chi connectivity index (χ0) is 25.2. The maximum atomic E-state index is 12.3. The number of hydrogen-bond acceptors (Lipinski definition) is 13. The molecule has 14 nitrogen and oxygen atoms in total. The first-order chi connectivity index (χ1) is 16.0. The molecule has 10 N–H and O–H groups in total. The molecule has 10 atom stereocenters. The summed E-state index contributed by atoms with van der Waals surface area (Å²) in [5.74, 6) is -1.31. The number of nitrogens with one attached hydrogen (secondary N) is 1. The van der Waals surface area contributed by atoms with Gasteiger partial charge in [-0.1, -0.05) is 6.07 Å². The lowest BCUT2D eigenvalue weighted by molar-refractivity contribution is -0.277. The number of amides is 1. The van der Waals surface area contributed by atoms with Crippen LogP contribution in [0.1, 0.15) is 5.56 Å².